The third-order valence-electron chi connectivity index (χ3n) is 1.24. The molecule has 0 heterocycles. The molecule has 0 aromatic heterocycles. The Morgan fingerprint density at radius 3 is 2.42 bits per heavy atom. The number of hydrogen-bond donors (Lipinski definition) is 1. The van der Waals surface area contributed by atoms with Gasteiger partial charge in [-0.25, -0.2) is 0 Å². The van der Waals surface area contributed by atoms with Gasteiger partial charge in [0.05, 0.1) is 13.0 Å². The lowest BCUT2D eigenvalue weighted by Gasteiger charge is -2.01. The fourth-order valence-electron chi connectivity index (χ4n) is 0.734. The Kier molecular flexibility index (Phi) is 6.05. The molecule has 0 atom stereocenters. The molecule has 0 saturated carbocycles. The van der Waals surface area contributed by atoms with E-state index in [9.17, 15) is 9.59 Å². The first-order valence-corrected chi connectivity index (χ1v) is 4.13. The molecule has 0 rings (SSSR count). The zero-order chi connectivity index (χ0) is 9.40. The van der Waals surface area contributed by atoms with Crippen molar-refractivity contribution in [1.29, 1.82) is 0 Å². The molecule has 0 radical (unpaired) electrons. The third-order valence-corrected chi connectivity index (χ3v) is 1.24. The second kappa shape index (κ2) is 6.64. The quantitative estimate of drug-likeness (QED) is 0.615. The van der Waals surface area contributed by atoms with Crippen LogP contribution in [-0.2, 0) is 14.3 Å². The first kappa shape index (κ1) is 10.9. The highest BCUT2D eigenvalue weighted by Gasteiger charge is 2.05. The van der Waals surface area contributed by atoms with Crippen molar-refractivity contribution in [2.24, 2.45) is 0 Å². The fraction of sp³-hybridized carbons (Fsp3) is 0.750. The highest BCUT2D eigenvalue weighted by Crippen LogP contribution is 1.92. The Bertz CT molecular complexity index is 138. The van der Waals surface area contributed by atoms with Crippen molar-refractivity contribution in [3.63, 3.8) is 0 Å². The number of ether oxygens (including phenoxy) is 1. The van der Waals surface area contributed by atoms with E-state index in [-0.39, 0.29) is 24.7 Å². The van der Waals surface area contributed by atoms with Crippen LogP contribution in [0.1, 0.15) is 26.7 Å². The van der Waals surface area contributed by atoms with Gasteiger partial charge in [-0.2, -0.15) is 0 Å². The van der Waals surface area contributed by atoms with Crippen molar-refractivity contribution in [3.8, 4) is 0 Å². The standard InChI is InChI=1S/C8H15NO3/c1-3-9-7(10)5-6-8(11)12-4-2/h3-6H2,1-2H3,(H,9,10). The lowest BCUT2D eigenvalue weighted by atomic mass is 10.3. The minimum Gasteiger partial charge on any atom is -0.466 e. The topological polar surface area (TPSA) is 55.4 Å². The van der Waals surface area contributed by atoms with Crippen molar-refractivity contribution >= 4 is 11.9 Å². The third kappa shape index (κ3) is 5.70. The van der Waals surface area contributed by atoms with Gasteiger partial charge in [-0.15, -0.1) is 0 Å². The molecule has 0 aliphatic carbocycles. The summed E-state index contributed by atoms with van der Waals surface area (Å²) in [5.74, 6) is -0.422. The Hall–Kier alpha value is -1.06. The molecule has 4 nitrogen and oxygen atoms in total. The van der Waals surface area contributed by atoms with Crippen LogP contribution in [0.5, 0.6) is 0 Å². The summed E-state index contributed by atoms with van der Waals surface area (Å²) in [6.07, 6.45) is 0.381. The lowest BCUT2D eigenvalue weighted by Crippen LogP contribution is -2.23. The van der Waals surface area contributed by atoms with Gasteiger partial charge in [-0.3, -0.25) is 9.59 Å². The molecule has 1 amide bonds. The Morgan fingerprint density at radius 2 is 1.92 bits per heavy atom. The van der Waals surface area contributed by atoms with Crippen molar-refractivity contribution in [2.75, 3.05) is 13.2 Å². The summed E-state index contributed by atoms with van der Waals surface area (Å²) in [4.78, 5) is 21.6. The summed E-state index contributed by atoms with van der Waals surface area (Å²) in [7, 11) is 0. The first-order valence-electron chi connectivity index (χ1n) is 4.13. The molecule has 0 aromatic rings. The second-order valence-electron chi connectivity index (χ2n) is 2.26. The summed E-state index contributed by atoms with van der Waals surface area (Å²) in [5.41, 5.74) is 0. The molecule has 0 aromatic carbocycles. The Labute approximate surface area is 72.3 Å². The first-order chi connectivity index (χ1) is 5.70. The van der Waals surface area contributed by atoms with Crippen LogP contribution in [0.25, 0.3) is 0 Å². The number of hydrogen-bond acceptors (Lipinski definition) is 3. The minimum atomic E-state index is -0.316. The van der Waals surface area contributed by atoms with Crippen molar-refractivity contribution < 1.29 is 14.3 Å². The van der Waals surface area contributed by atoms with E-state index in [2.05, 4.69) is 10.1 Å². The maximum absolute atomic E-state index is 10.8. The molecule has 1 N–H and O–H groups in total. The van der Waals surface area contributed by atoms with Gasteiger partial charge in [0.2, 0.25) is 5.91 Å². The van der Waals surface area contributed by atoms with Crippen molar-refractivity contribution in [3.05, 3.63) is 0 Å². The number of rotatable bonds is 5. The van der Waals surface area contributed by atoms with Crippen LogP contribution in [0, 0.1) is 0 Å². The molecule has 70 valence electrons. The van der Waals surface area contributed by atoms with E-state index < -0.39 is 0 Å². The van der Waals surface area contributed by atoms with Crippen LogP contribution >= 0.6 is 0 Å². The van der Waals surface area contributed by atoms with E-state index in [0.717, 1.165) is 0 Å². The van der Waals surface area contributed by atoms with Crippen LogP contribution in [0.4, 0.5) is 0 Å². The summed E-state index contributed by atoms with van der Waals surface area (Å²) in [6, 6.07) is 0. The van der Waals surface area contributed by atoms with E-state index in [1.165, 1.54) is 0 Å². The average Bonchev–Trinajstić information content (AvgIpc) is 2.02. The van der Waals surface area contributed by atoms with Gasteiger partial charge in [0.1, 0.15) is 0 Å². The highest BCUT2D eigenvalue weighted by molar-refractivity contribution is 5.81. The Balaban J connectivity index is 3.40. The van der Waals surface area contributed by atoms with Crippen LogP contribution in [0.15, 0.2) is 0 Å². The number of carbonyl (C=O) groups is 2. The van der Waals surface area contributed by atoms with Crippen LogP contribution in [-0.4, -0.2) is 25.0 Å². The average molecular weight is 173 g/mol. The summed E-state index contributed by atoms with van der Waals surface area (Å²) >= 11 is 0. The van der Waals surface area contributed by atoms with E-state index in [1.54, 1.807) is 6.92 Å². The second-order valence-corrected chi connectivity index (χ2v) is 2.26. The Morgan fingerprint density at radius 1 is 1.25 bits per heavy atom. The summed E-state index contributed by atoms with van der Waals surface area (Å²) < 4.78 is 4.65. The lowest BCUT2D eigenvalue weighted by molar-refractivity contribution is -0.144. The van der Waals surface area contributed by atoms with Gasteiger partial charge in [0, 0.05) is 13.0 Å². The molecule has 0 aliphatic rings. The van der Waals surface area contributed by atoms with Gasteiger partial charge in [-0.1, -0.05) is 0 Å². The molecule has 0 bridgehead atoms. The highest BCUT2D eigenvalue weighted by atomic mass is 16.5. The monoisotopic (exact) mass is 173 g/mol. The van der Waals surface area contributed by atoms with E-state index in [4.69, 9.17) is 0 Å². The number of amides is 1. The zero-order valence-corrected chi connectivity index (χ0v) is 7.55. The predicted octanol–water partition coefficient (Wildman–Crippen LogP) is 0.466. The van der Waals surface area contributed by atoms with Gasteiger partial charge >= 0.3 is 5.97 Å². The van der Waals surface area contributed by atoms with Gasteiger partial charge in [0.25, 0.3) is 0 Å². The summed E-state index contributed by atoms with van der Waals surface area (Å²) in [6.45, 7) is 4.54. The van der Waals surface area contributed by atoms with Gasteiger partial charge in [0.15, 0.2) is 0 Å². The SMILES string of the molecule is CCNC(=O)CCC(=O)OCC. The van der Waals surface area contributed by atoms with Crippen LogP contribution < -0.4 is 5.32 Å². The normalized spacial score (nSPS) is 9.17. The number of esters is 1. The largest absolute Gasteiger partial charge is 0.466 e. The zero-order valence-electron chi connectivity index (χ0n) is 7.55. The predicted molar refractivity (Wildman–Crippen MR) is 44.6 cm³/mol. The molecule has 0 unspecified atom stereocenters. The molecule has 4 heteroatoms. The molecular formula is C8H15NO3. The van der Waals surface area contributed by atoms with Crippen LogP contribution in [0.3, 0.4) is 0 Å². The molecule has 12 heavy (non-hydrogen) atoms. The van der Waals surface area contributed by atoms with E-state index >= 15 is 0 Å². The number of nitrogens with one attached hydrogen (secondary N) is 1. The fourth-order valence-corrected chi connectivity index (χ4v) is 0.734. The number of carbonyl (C=O) groups excluding carboxylic acids is 2. The maximum Gasteiger partial charge on any atom is 0.306 e. The van der Waals surface area contributed by atoms with Crippen LogP contribution in [0.2, 0.25) is 0 Å². The molecular weight excluding hydrogens is 158 g/mol. The summed E-state index contributed by atoms with van der Waals surface area (Å²) in [5, 5.41) is 2.60. The molecule has 0 spiro atoms. The van der Waals surface area contributed by atoms with Gasteiger partial charge < -0.3 is 10.1 Å². The van der Waals surface area contributed by atoms with E-state index in [1.807, 2.05) is 6.92 Å². The van der Waals surface area contributed by atoms with E-state index in [0.29, 0.717) is 13.2 Å². The van der Waals surface area contributed by atoms with Gasteiger partial charge in [-0.05, 0) is 13.8 Å². The molecule has 0 fully saturated rings. The van der Waals surface area contributed by atoms with Crippen molar-refractivity contribution in [2.45, 2.75) is 26.7 Å². The van der Waals surface area contributed by atoms with Crippen molar-refractivity contribution in [1.82, 2.24) is 5.32 Å². The molecule has 0 aliphatic heterocycles. The smallest absolute Gasteiger partial charge is 0.306 e. The molecule has 0 saturated heterocycles. The minimum absolute atomic E-state index is 0.106. The maximum atomic E-state index is 10.8.